The molecule has 1 aromatic heterocycles. The smallest absolute Gasteiger partial charge is 0.184 e. The third-order valence-electron chi connectivity index (χ3n) is 4.41. The highest BCUT2D eigenvalue weighted by molar-refractivity contribution is 9.10. The van der Waals surface area contributed by atoms with E-state index in [1.165, 1.54) is 24.0 Å². The molecule has 1 aliphatic carbocycles. The molecule has 1 N–H and O–H groups in total. The Morgan fingerprint density at radius 1 is 1.42 bits per heavy atom. The minimum atomic E-state index is 0.592. The van der Waals surface area contributed by atoms with Gasteiger partial charge < -0.3 is 5.32 Å². The number of hydrogen-bond donors (Lipinski definition) is 1. The monoisotopic (exact) mass is 338 g/mol. The van der Waals surface area contributed by atoms with Crippen molar-refractivity contribution in [1.29, 1.82) is 0 Å². The molecule has 0 spiro atoms. The van der Waals surface area contributed by atoms with Crippen LogP contribution in [0.5, 0.6) is 0 Å². The molecule has 0 saturated heterocycles. The predicted octanol–water partition coefficient (Wildman–Crippen LogP) is 5.30. The van der Waals surface area contributed by atoms with Gasteiger partial charge in [0.05, 0.1) is 10.2 Å². The van der Waals surface area contributed by atoms with Crippen molar-refractivity contribution in [3.8, 4) is 0 Å². The lowest BCUT2D eigenvalue weighted by molar-refractivity contribution is 0.392. The summed E-state index contributed by atoms with van der Waals surface area (Å²) < 4.78 is 2.37. The number of nitrogens with zero attached hydrogens (tertiary/aromatic N) is 1. The van der Waals surface area contributed by atoms with Crippen molar-refractivity contribution in [2.45, 2.75) is 39.2 Å². The lowest BCUT2D eigenvalue weighted by Crippen LogP contribution is -2.24. The minimum absolute atomic E-state index is 0.592. The third kappa shape index (κ3) is 2.65. The van der Waals surface area contributed by atoms with E-state index in [1.807, 2.05) is 0 Å². The van der Waals surface area contributed by atoms with Crippen molar-refractivity contribution < 1.29 is 0 Å². The number of aromatic nitrogens is 1. The molecule has 102 valence electrons. The highest BCUT2D eigenvalue weighted by Gasteiger charge is 2.31. The van der Waals surface area contributed by atoms with Crippen LogP contribution >= 0.6 is 27.3 Å². The van der Waals surface area contributed by atoms with E-state index in [1.54, 1.807) is 11.3 Å². The van der Waals surface area contributed by atoms with Crippen LogP contribution < -0.4 is 5.32 Å². The maximum atomic E-state index is 4.69. The Morgan fingerprint density at radius 3 is 3.00 bits per heavy atom. The zero-order valence-electron chi connectivity index (χ0n) is 11.3. The van der Waals surface area contributed by atoms with Crippen LogP contribution in [0.15, 0.2) is 22.7 Å². The summed E-state index contributed by atoms with van der Waals surface area (Å²) >= 11 is 5.27. The molecule has 1 aliphatic rings. The van der Waals surface area contributed by atoms with Crippen LogP contribution in [-0.4, -0.2) is 11.0 Å². The lowest BCUT2D eigenvalue weighted by Gasteiger charge is -2.20. The van der Waals surface area contributed by atoms with Gasteiger partial charge in [-0.15, -0.1) is 0 Å². The molecule has 2 nitrogen and oxygen atoms in total. The van der Waals surface area contributed by atoms with Crippen molar-refractivity contribution in [2.75, 3.05) is 5.32 Å². The van der Waals surface area contributed by atoms with Gasteiger partial charge in [-0.25, -0.2) is 4.98 Å². The maximum Gasteiger partial charge on any atom is 0.184 e. The standard InChI is InChI=1S/C15H19BrN2S/c1-3-10-4-6-12(9(10)2)17-15-18-13-7-5-11(16)8-14(13)19-15/h5,7-10,12H,3-4,6H2,1-2H3,(H,17,18). The summed E-state index contributed by atoms with van der Waals surface area (Å²) in [7, 11) is 0. The molecule has 19 heavy (non-hydrogen) atoms. The second-order valence-corrected chi connectivity index (χ2v) is 7.43. The summed E-state index contributed by atoms with van der Waals surface area (Å²) in [4.78, 5) is 4.69. The number of anilines is 1. The molecule has 0 amide bonds. The third-order valence-corrected chi connectivity index (χ3v) is 5.85. The van der Waals surface area contributed by atoms with Crippen LogP contribution in [0.25, 0.3) is 10.2 Å². The number of halogens is 1. The van der Waals surface area contributed by atoms with Gasteiger partial charge in [0, 0.05) is 10.5 Å². The lowest BCUT2D eigenvalue weighted by atomic mass is 9.94. The van der Waals surface area contributed by atoms with Crippen LogP contribution in [-0.2, 0) is 0 Å². The van der Waals surface area contributed by atoms with E-state index >= 15 is 0 Å². The summed E-state index contributed by atoms with van der Waals surface area (Å²) in [5.74, 6) is 1.63. The molecule has 1 fully saturated rings. The van der Waals surface area contributed by atoms with Crippen LogP contribution in [0.4, 0.5) is 5.13 Å². The molecule has 1 saturated carbocycles. The van der Waals surface area contributed by atoms with Gasteiger partial charge in [0.1, 0.15) is 0 Å². The Kier molecular flexibility index (Phi) is 3.81. The first-order valence-corrected chi connectivity index (χ1v) is 8.61. The molecule has 0 radical (unpaired) electrons. The van der Waals surface area contributed by atoms with E-state index in [-0.39, 0.29) is 0 Å². The molecule has 2 aromatic rings. The highest BCUT2D eigenvalue weighted by Crippen LogP contribution is 2.37. The van der Waals surface area contributed by atoms with Crippen LogP contribution in [0.1, 0.15) is 33.1 Å². The fraction of sp³-hybridized carbons (Fsp3) is 0.533. The van der Waals surface area contributed by atoms with Crippen molar-refractivity contribution in [1.82, 2.24) is 4.98 Å². The van der Waals surface area contributed by atoms with Crippen molar-refractivity contribution in [3.63, 3.8) is 0 Å². The van der Waals surface area contributed by atoms with Gasteiger partial charge >= 0.3 is 0 Å². The average molecular weight is 339 g/mol. The number of hydrogen-bond acceptors (Lipinski definition) is 3. The van der Waals surface area contributed by atoms with Gasteiger partial charge in [-0.3, -0.25) is 0 Å². The summed E-state index contributed by atoms with van der Waals surface area (Å²) in [6.07, 6.45) is 3.93. The number of rotatable bonds is 3. The van der Waals surface area contributed by atoms with E-state index in [0.29, 0.717) is 6.04 Å². The number of benzene rings is 1. The second-order valence-electron chi connectivity index (χ2n) is 5.49. The average Bonchev–Trinajstić information content (AvgIpc) is 2.93. The van der Waals surface area contributed by atoms with E-state index in [0.717, 1.165) is 27.0 Å². The van der Waals surface area contributed by atoms with E-state index in [4.69, 9.17) is 0 Å². The first kappa shape index (κ1) is 13.4. The normalized spacial score (nSPS) is 27.0. The van der Waals surface area contributed by atoms with Gasteiger partial charge in [0.2, 0.25) is 0 Å². The summed E-state index contributed by atoms with van der Waals surface area (Å²) in [6.45, 7) is 4.68. The van der Waals surface area contributed by atoms with Crippen LogP contribution in [0.2, 0.25) is 0 Å². The molecule has 3 rings (SSSR count). The molecule has 0 bridgehead atoms. The van der Waals surface area contributed by atoms with Crippen molar-refractivity contribution in [2.24, 2.45) is 11.8 Å². The molecular formula is C15H19BrN2S. The summed E-state index contributed by atoms with van der Waals surface area (Å²) in [5.41, 5.74) is 1.09. The van der Waals surface area contributed by atoms with Gasteiger partial charge in [-0.05, 0) is 42.9 Å². The van der Waals surface area contributed by atoms with E-state index in [2.05, 4.69) is 58.3 Å². The van der Waals surface area contributed by atoms with E-state index < -0.39 is 0 Å². The SMILES string of the molecule is CCC1CCC(Nc2nc3ccc(Br)cc3s2)C1C. The van der Waals surface area contributed by atoms with E-state index in [9.17, 15) is 0 Å². The fourth-order valence-electron chi connectivity index (χ4n) is 3.15. The Balaban J connectivity index is 1.78. The zero-order chi connectivity index (χ0) is 13.4. The maximum absolute atomic E-state index is 4.69. The summed E-state index contributed by atoms with van der Waals surface area (Å²) in [6, 6.07) is 6.87. The van der Waals surface area contributed by atoms with Crippen molar-refractivity contribution in [3.05, 3.63) is 22.7 Å². The number of nitrogens with one attached hydrogen (secondary N) is 1. The molecule has 0 aliphatic heterocycles. The van der Waals surface area contributed by atoms with Gasteiger partial charge in [0.15, 0.2) is 5.13 Å². The predicted molar refractivity (Wildman–Crippen MR) is 86.9 cm³/mol. The number of fused-ring (bicyclic) bond motifs is 1. The van der Waals surface area contributed by atoms with Crippen molar-refractivity contribution >= 4 is 42.6 Å². The first-order valence-electron chi connectivity index (χ1n) is 7.00. The molecule has 1 aromatic carbocycles. The highest BCUT2D eigenvalue weighted by atomic mass is 79.9. The van der Waals surface area contributed by atoms with Crippen LogP contribution in [0.3, 0.4) is 0 Å². The van der Waals surface area contributed by atoms with Crippen LogP contribution in [0, 0.1) is 11.8 Å². The number of thiazole rings is 1. The van der Waals surface area contributed by atoms with Gasteiger partial charge in [-0.1, -0.05) is 47.5 Å². The Morgan fingerprint density at radius 2 is 2.26 bits per heavy atom. The second kappa shape index (κ2) is 5.41. The van der Waals surface area contributed by atoms with Gasteiger partial charge in [0.25, 0.3) is 0 Å². The summed E-state index contributed by atoms with van der Waals surface area (Å²) in [5, 5.41) is 4.73. The Hall–Kier alpha value is -0.610. The Bertz CT molecular complexity index is 581. The molecule has 3 unspecified atom stereocenters. The topological polar surface area (TPSA) is 24.9 Å². The zero-order valence-corrected chi connectivity index (χ0v) is 13.7. The largest absolute Gasteiger partial charge is 0.358 e. The van der Waals surface area contributed by atoms with Gasteiger partial charge in [-0.2, -0.15) is 0 Å². The fourth-order valence-corrected chi connectivity index (χ4v) is 4.63. The molecule has 1 heterocycles. The first-order chi connectivity index (χ1) is 9.17. The molecular weight excluding hydrogens is 320 g/mol. The Labute approximate surface area is 126 Å². The quantitative estimate of drug-likeness (QED) is 0.821. The molecule has 4 heteroatoms. The minimum Gasteiger partial charge on any atom is -0.358 e. The molecule has 3 atom stereocenters.